The number of hydrogen-bond acceptors (Lipinski definition) is 4. The van der Waals surface area contributed by atoms with E-state index in [0.29, 0.717) is 6.04 Å². The summed E-state index contributed by atoms with van der Waals surface area (Å²) in [7, 11) is 0. The Bertz CT molecular complexity index is 1080. The molecule has 31 heavy (non-hydrogen) atoms. The Morgan fingerprint density at radius 2 is 2.23 bits per heavy atom. The van der Waals surface area contributed by atoms with Gasteiger partial charge in [-0.25, -0.2) is 4.98 Å². The lowest BCUT2D eigenvalue weighted by atomic mass is 10.0. The molecule has 1 heterocycles. The van der Waals surface area contributed by atoms with Crippen molar-refractivity contribution in [1.29, 1.82) is 0 Å². The van der Waals surface area contributed by atoms with Gasteiger partial charge in [0.2, 0.25) is 0 Å². The number of nitrogens with one attached hydrogen (secondary N) is 1. The number of thiazole rings is 1. The molecule has 1 atom stereocenters. The van der Waals surface area contributed by atoms with Crippen LogP contribution in [0.25, 0.3) is 16.1 Å². The van der Waals surface area contributed by atoms with E-state index in [1.54, 1.807) is 11.3 Å². The lowest BCUT2D eigenvalue weighted by molar-refractivity contribution is 0.242. The van der Waals surface area contributed by atoms with E-state index in [1.165, 1.54) is 28.0 Å². The highest BCUT2D eigenvalue weighted by molar-refractivity contribution is 7.16. The van der Waals surface area contributed by atoms with Gasteiger partial charge in [-0.1, -0.05) is 31.1 Å². The highest BCUT2D eigenvalue weighted by atomic mass is 32.1. The molecule has 2 aliphatic rings. The summed E-state index contributed by atoms with van der Waals surface area (Å²) in [5.41, 5.74) is 6.08. The Labute approximate surface area is 189 Å². The van der Waals surface area contributed by atoms with Crippen LogP contribution in [0.4, 0.5) is 0 Å². The van der Waals surface area contributed by atoms with Crippen LogP contribution in [0.5, 0.6) is 5.75 Å². The highest BCUT2D eigenvalue weighted by Gasteiger charge is 2.28. The van der Waals surface area contributed by atoms with E-state index in [1.807, 2.05) is 38.2 Å². The van der Waals surface area contributed by atoms with Crippen LogP contribution in [0.15, 0.2) is 53.8 Å². The molecule has 2 aliphatic carbocycles. The summed E-state index contributed by atoms with van der Waals surface area (Å²) in [6, 6.07) is 6.49. The molecule has 3 nitrogen and oxygen atoms in total. The minimum absolute atomic E-state index is 0.0872. The smallest absolute Gasteiger partial charge is 0.135 e. The maximum Gasteiger partial charge on any atom is 0.135 e. The lowest BCUT2D eigenvalue weighted by Gasteiger charge is -2.14. The summed E-state index contributed by atoms with van der Waals surface area (Å²) >= 11 is 1.73. The van der Waals surface area contributed by atoms with Gasteiger partial charge >= 0.3 is 0 Å². The molecule has 2 aromatic rings. The monoisotopic (exact) mass is 430 g/mol. The van der Waals surface area contributed by atoms with Crippen molar-refractivity contribution in [1.82, 2.24) is 10.3 Å². The SMILES string of the molecule is C#Cc1cc(-c2ncc(C3=C4CCC(NCCC)C4=CCC=C3)s2)ccc1OC(C)C. The van der Waals surface area contributed by atoms with Crippen LogP contribution in [0.3, 0.4) is 0 Å². The molecule has 0 bridgehead atoms. The predicted octanol–water partition coefficient (Wildman–Crippen LogP) is 6.38. The zero-order valence-corrected chi connectivity index (χ0v) is 19.4. The first-order valence-corrected chi connectivity index (χ1v) is 12.0. The number of rotatable bonds is 7. The number of benzene rings is 1. The van der Waals surface area contributed by atoms with Gasteiger partial charge in [0.15, 0.2) is 0 Å². The second-order valence-corrected chi connectivity index (χ2v) is 9.32. The fourth-order valence-electron chi connectivity index (χ4n) is 4.26. The zero-order valence-electron chi connectivity index (χ0n) is 18.6. The van der Waals surface area contributed by atoms with Crippen molar-refractivity contribution in [2.45, 2.75) is 58.6 Å². The lowest BCUT2D eigenvalue weighted by Crippen LogP contribution is -2.28. The second-order valence-electron chi connectivity index (χ2n) is 8.29. The van der Waals surface area contributed by atoms with E-state index in [2.05, 4.69) is 36.4 Å². The molecule has 1 aromatic heterocycles. The average molecular weight is 431 g/mol. The molecule has 0 radical (unpaired) electrons. The van der Waals surface area contributed by atoms with Crippen molar-refractivity contribution < 1.29 is 4.74 Å². The maximum absolute atomic E-state index is 5.84. The van der Waals surface area contributed by atoms with E-state index in [-0.39, 0.29) is 6.10 Å². The van der Waals surface area contributed by atoms with Crippen LogP contribution >= 0.6 is 11.3 Å². The molecule has 0 amide bonds. The molecule has 1 saturated carbocycles. The van der Waals surface area contributed by atoms with Gasteiger partial charge in [0.05, 0.1) is 16.5 Å². The van der Waals surface area contributed by atoms with Crippen molar-refractivity contribution in [3.05, 3.63) is 64.2 Å². The first kappa shape index (κ1) is 21.6. The second kappa shape index (κ2) is 9.68. The first-order chi connectivity index (χ1) is 15.1. The quantitative estimate of drug-likeness (QED) is 0.518. The van der Waals surface area contributed by atoms with Crippen LogP contribution in [0.2, 0.25) is 0 Å². The van der Waals surface area contributed by atoms with Gasteiger partial charge in [-0.2, -0.15) is 0 Å². The molecule has 1 unspecified atom stereocenters. The van der Waals surface area contributed by atoms with Gasteiger partial charge in [0.1, 0.15) is 10.8 Å². The molecule has 160 valence electrons. The Morgan fingerprint density at radius 1 is 1.35 bits per heavy atom. The third kappa shape index (κ3) is 4.69. The van der Waals surface area contributed by atoms with Gasteiger partial charge < -0.3 is 10.1 Å². The van der Waals surface area contributed by atoms with Gasteiger partial charge in [-0.15, -0.1) is 17.8 Å². The highest BCUT2D eigenvalue weighted by Crippen LogP contribution is 2.41. The summed E-state index contributed by atoms with van der Waals surface area (Å²) in [6.07, 6.45) is 19.2. The first-order valence-electron chi connectivity index (χ1n) is 11.2. The van der Waals surface area contributed by atoms with E-state index in [0.717, 1.165) is 47.7 Å². The van der Waals surface area contributed by atoms with E-state index < -0.39 is 0 Å². The largest absolute Gasteiger partial charge is 0.490 e. The Hall–Kier alpha value is -2.61. The minimum Gasteiger partial charge on any atom is -0.490 e. The van der Waals surface area contributed by atoms with Crippen molar-refractivity contribution in [2.24, 2.45) is 0 Å². The maximum atomic E-state index is 5.84. The molecule has 1 fully saturated rings. The Kier molecular flexibility index (Phi) is 6.75. The molecule has 1 N–H and O–H groups in total. The van der Waals surface area contributed by atoms with Crippen molar-refractivity contribution in [3.8, 4) is 28.7 Å². The standard InChI is InChI=1S/C27H30N2OS/c1-5-15-28-24-13-12-21-22(24)9-7-8-10-23(21)26-17-29-27(31-26)20-11-14-25(30-18(3)4)19(6-2)16-20/h2,8-11,14,16-18,24,28H,5,7,12-13,15H2,1,3-4H3. The van der Waals surface area contributed by atoms with Crippen LogP contribution in [0.1, 0.15) is 56.9 Å². The number of ether oxygens (including phenoxy) is 1. The number of hydrogen-bond donors (Lipinski definition) is 1. The zero-order chi connectivity index (χ0) is 21.8. The Morgan fingerprint density at radius 3 is 3.00 bits per heavy atom. The van der Waals surface area contributed by atoms with Gasteiger partial charge in [-0.3, -0.25) is 0 Å². The minimum atomic E-state index is 0.0872. The molecule has 1 aromatic carbocycles. The van der Waals surface area contributed by atoms with Gasteiger partial charge in [0, 0.05) is 17.8 Å². The third-order valence-electron chi connectivity index (χ3n) is 5.65. The van der Waals surface area contributed by atoms with Gasteiger partial charge in [-0.05, 0) is 81.0 Å². The topological polar surface area (TPSA) is 34.2 Å². The van der Waals surface area contributed by atoms with E-state index >= 15 is 0 Å². The predicted molar refractivity (Wildman–Crippen MR) is 131 cm³/mol. The number of allylic oxidation sites excluding steroid dienone is 4. The van der Waals surface area contributed by atoms with E-state index in [4.69, 9.17) is 16.1 Å². The fourth-order valence-corrected chi connectivity index (χ4v) is 5.23. The molecular formula is C27H30N2OS. The summed E-state index contributed by atoms with van der Waals surface area (Å²) in [5, 5.41) is 4.70. The number of fused-ring (bicyclic) bond motifs is 1. The van der Waals surface area contributed by atoms with Gasteiger partial charge in [0.25, 0.3) is 0 Å². The summed E-state index contributed by atoms with van der Waals surface area (Å²) < 4.78 is 5.84. The van der Waals surface area contributed by atoms with Crippen molar-refractivity contribution in [3.63, 3.8) is 0 Å². The molecule has 0 saturated heterocycles. The molecule has 4 rings (SSSR count). The number of terminal acetylenes is 1. The van der Waals surface area contributed by atoms with Crippen LogP contribution in [-0.2, 0) is 0 Å². The summed E-state index contributed by atoms with van der Waals surface area (Å²) in [6.45, 7) is 7.30. The molecule has 0 spiro atoms. The number of nitrogens with zero attached hydrogens (tertiary/aromatic N) is 1. The van der Waals surface area contributed by atoms with Crippen LogP contribution in [-0.4, -0.2) is 23.7 Å². The molecular weight excluding hydrogens is 400 g/mol. The van der Waals surface area contributed by atoms with Crippen LogP contribution in [0, 0.1) is 12.3 Å². The van der Waals surface area contributed by atoms with Crippen molar-refractivity contribution in [2.75, 3.05) is 6.54 Å². The Balaban J connectivity index is 1.64. The van der Waals surface area contributed by atoms with Crippen molar-refractivity contribution >= 4 is 16.9 Å². The summed E-state index contributed by atoms with van der Waals surface area (Å²) in [4.78, 5) is 5.96. The molecule has 0 aliphatic heterocycles. The van der Waals surface area contributed by atoms with E-state index in [9.17, 15) is 0 Å². The molecule has 4 heteroatoms. The third-order valence-corrected chi connectivity index (χ3v) is 6.73. The average Bonchev–Trinajstić information content (AvgIpc) is 3.35. The number of aromatic nitrogens is 1. The fraction of sp³-hybridized carbons (Fsp3) is 0.370. The summed E-state index contributed by atoms with van der Waals surface area (Å²) in [5.74, 6) is 3.51. The van der Waals surface area contributed by atoms with Crippen LogP contribution < -0.4 is 10.1 Å². The normalized spacial score (nSPS) is 18.0.